The van der Waals surface area contributed by atoms with Crippen molar-refractivity contribution < 1.29 is 19.2 Å². The fraction of sp³-hybridized carbons (Fsp3) is 0.304. The van der Waals surface area contributed by atoms with Crippen molar-refractivity contribution in [2.45, 2.75) is 0 Å². The molecule has 0 saturated carbocycles. The molecule has 0 unspecified atom stereocenters. The van der Waals surface area contributed by atoms with Gasteiger partial charge >= 0.3 is 0 Å². The maximum Gasteiger partial charge on any atom is 0.271 e. The Morgan fingerprint density at radius 2 is 1.94 bits per heavy atom. The molecule has 1 amide bonds. The standard InChI is InChI=1S/C23H25N5O5/c1-32-20-7-5-17(6-8-20)21-16-22(23(29)24-9-10-26-11-13-33-14-12-26)27(25-21)18-3-2-4-19(15-18)28(30)31/h2-8,15-16H,9-14H2,1H3,(H,24,29). The van der Waals surface area contributed by atoms with Crippen LogP contribution in [0.5, 0.6) is 5.75 Å². The predicted octanol–water partition coefficient (Wildman–Crippen LogP) is 2.52. The van der Waals surface area contributed by atoms with E-state index in [1.54, 1.807) is 25.3 Å². The van der Waals surface area contributed by atoms with Crippen molar-refractivity contribution in [3.05, 3.63) is 70.4 Å². The zero-order chi connectivity index (χ0) is 23.2. The Bertz CT molecular complexity index is 1120. The minimum atomic E-state index is -0.473. The summed E-state index contributed by atoms with van der Waals surface area (Å²) in [7, 11) is 1.59. The molecule has 0 radical (unpaired) electrons. The number of morpholine rings is 1. The predicted molar refractivity (Wildman–Crippen MR) is 122 cm³/mol. The van der Waals surface area contributed by atoms with Crippen molar-refractivity contribution in [2.24, 2.45) is 0 Å². The zero-order valence-corrected chi connectivity index (χ0v) is 18.3. The van der Waals surface area contributed by atoms with Crippen LogP contribution in [-0.4, -0.2) is 72.0 Å². The van der Waals surface area contributed by atoms with Crippen LogP contribution < -0.4 is 10.1 Å². The van der Waals surface area contributed by atoms with E-state index >= 15 is 0 Å². The lowest BCUT2D eigenvalue weighted by Crippen LogP contribution is -2.41. The van der Waals surface area contributed by atoms with Gasteiger partial charge in [0, 0.05) is 43.9 Å². The van der Waals surface area contributed by atoms with E-state index in [9.17, 15) is 14.9 Å². The number of amides is 1. The third-order valence-corrected chi connectivity index (χ3v) is 5.43. The van der Waals surface area contributed by atoms with Crippen molar-refractivity contribution >= 4 is 11.6 Å². The molecule has 3 aromatic rings. The van der Waals surface area contributed by atoms with E-state index in [0.717, 1.165) is 18.7 Å². The monoisotopic (exact) mass is 451 g/mol. The molecular weight excluding hydrogens is 426 g/mol. The molecule has 33 heavy (non-hydrogen) atoms. The Hall–Kier alpha value is -3.76. The van der Waals surface area contributed by atoms with Gasteiger partial charge in [0.1, 0.15) is 11.4 Å². The van der Waals surface area contributed by atoms with Gasteiger partial charge in [0.2, 0.25) is 0 Å². The Labute approximate surface area is 190 Å². The molecule has 0 spiro atoms. The van der Waals surface area contributed by atoms with Crippen molar-refractivity contribution in [2.75, 3.05) is 46.5 Å². The number of nitro benzene ring substituents is 1. The molecule has 2 heterocycles. The summed E-state index contributed by atoms with van der Waals surface area (Å²) in [4.78, 5) is 26.1. The number of aromatic nitrogens is 2. The van der Waals surface area contributed by atoms with Gasteiger partial charge < -0.3 is 14.8 Å². The molecule has 0 bridgehead atoms. The minimum Gasteiger partial charge on any atom is -0.497 e. The molecule has 10 nitrogen and oxygen atoms in total. The fourth-order valence-corrected chi connectivity index (χ4v) is 3.62. The summed E-state index contributed by atoms with van der Waals surface area (Å²) in [5.74, 6) is 0.403. The van der Waals surface area contributed by atoms with Gasteiger partial charge in [0.25, 0.3) is 11.6 Å². The highest BCUT2D eigenvalue weighted by atomic mass is 16.6. The van der Waals surface area contributed by atoms with Gasteiger partial charge in [0.15, 0.2) is 0 Å². The fourth-order valence-electron chi connectivity index (χ4n) is 3.62. The third kappa shape index (κ3) is 5.36. The Kier molecular flexibility index (Phi) is 6.96. The summed E-state index contributed by atoms with van der Waals surface area (Å²) in [6.07, 6.45) is 0. The quantitative estimate of drug-likeness (QED) is 0.414. The number of hydrogen-bond acceptors (Lipinski definition) is 7. The van der Waals surface area contributed by atoms with Gasteiger partial charge in [-0.05, 0) is 36.4 Å². The zero-order valence-electron chi connectivity index (χ0n) is 18.3. The third-order valence-electron chi connectivity index (χ3n) is 5.43. The molecule has 1 aliphatic rings. The lowest BCUT2D eigenvalue weighted by Gasteiger charge is -2.26. The second-order valence-electron chi connectivity index (χ2n) is 7.54. The van der Waals surface area contributed by atoms with Crippen LogP contribution in [0.1, 0.15) is 10.5 Å². The topological polar surface area (TPSA) is 112 Å². The van der Waals surface area contributed by atoms with Crippen molar-refractivity contribution in [3.63, 3.8) is 0 Å². The molecule has 1 aromatic heterocycles. The number of ether oxygens (including phenoxy) is 2. The van der Waals surface area contributed by atoms with E-state index in [0.29, 0.717) is 49.1 Å². The molecule has 2 aromatic carbocycles. The van der Waals surface area contributed by atoms with Gasteiger partial charge in [-0.1, -0.05) is 6.07 Å². The SMILES string of the molecule is COc1ccc(-c2cc(C(=O)NCCN3CCOCC3)n(-c3cccc([N+](=O)[O-])c3)n2)cc1. The van der Waals surface area contributed by atoms with E-state index in [4.69, 9.17) is 9.47 Å². The maximum absolute atomic E-state index is 13.1. The first-order valence-electron chi connectivity index (χ1n) is 10.6. The Morgan fingerprint density at radius 1 is 1.18 bits per heavy atom. The molecule has 4 rings (SSSR count). The first kappa shape index (κ1) is 22.4. The summed E-state index contributed by atoms with van der Waals surface area (Å²) in [6.45, 7) is 4.24. The molecule has 1 saturated heterocycles. The van der Waals surface area contributed by atoms with Gasteiger partial charge in [-0.2, -0.15) is 5.10 Å². The van der Waals surface area contributed by atoms with E-state index in [-0.39, 0.29) is 11.6 Å². The average Bonchev–Trinajstić information content (AvgIpc) is 3.30. The van der Waals surface area contributed by atoms with Gasteiger partial charge in [-0.25, -0.2) is 4.68 Å². The number of carbonyl (C=O) groups is 1. The van der Waals surface area contributed by atoms with E-state index < -0.39 is 4.92 Å². The Morgan fingerprint density at radius 3 is 2.64 bits per heavy atom. The number of benzene rings is 2. The Balaban J connectivity index is 1.61. The summed E-state index contributed by atoms with van der Waals surface area (Å²) in [6, 6.07) is 15.1. The van der Waals surface area contributed by atoms with Crippen LogP contribution >= 0.6 is 0 Å². The van der Waals surface area contributed by atoms with Crippen molar-refractivity contribution in [1.29, 1.82) is 0 Å². The number of non-ortho nitro benzene ring substituents is 1. The second-order valence-corrected chi connectivity index (χ2v) is 7.54. The molecule has 0 atom stereocenters. The largest absolute Gasteiger partial charge is 0.497 e. The minimum absolute atomic E-state index is 0.0762. The van der Waals surface area contributed by atoms with Crippen LogP contribution in [0.25, 0.3) is 16.9 Å². The van der Waals surface area contributed by atoms with E-state index in [1.807, 2.05) is 24.3 Å². The molecule has 1 N–H and O–H groups in total. The second kappa shape index (κ2) is 10.2. The van der Waals surface area contributed by atoms with E-state index in [1.165, 1.54) is 16.8 Å². The number of carbonyl (C=O) groups excluding carboxylic acids is 1. The van der Waals surface area contributed by atoms with Gasteiger partial charge in [-0.15, -0.1) is 0 Å². The van der Waals surface area contributed by atoms with Crippen molar-refractivity contribution in [3.8, 4) is 22.7 Å². The molecule has 1 fully saturated rings. The van der Waals surface area contributed by atoms with Gasteiger partial charge in [-0.3, -0.25) is 19.8 Å². The number of hydrogen-bond donors (Lipinski definition) is 1. The van der Waals surface area contributed by atoms with Crippen LogP contribution in [0.3, 0.4) is 0 Å². The van der Waals surface area contributed by atoms with Crippen LogP contribution in [0.2, 0.25) is 0 Å². The molecule has 10 heteroatoms. The highest BCUT2D eigenvalue weighted by Crippen LogP contribution is 2.25. The van der Waals surface area contributed by atoms with Crippen LogP contribution in [0.4, 0.5) is 5.69 Å². The van der Waals surface area contributed by atoms with Gasteiger partial charge in [0.05, 0.1) is 36.6 Å². The first-order valence-corrected chi connectivity index (χ1v) is 10.6. The van der Waals surface area contributed by atoms with Crippen LogP contribution in [-0.2, 0) is 4.74 Å². The number of methoxy groups -OCH3 is 1. The average molecular weight is 451 g/mol. The highest BCUT2D eigenvalue weighted by Gasteiger charge is 2.19. The summed E-state index contributed by atoms with van der Waals surface area (Å²) >= 11 is 0. The molecular formula is C23H25N5O5. The summed E-state index contributed by atoms with van der Waals surface area (Å²) in [5.41, 5.74) is 2.02. The van der Waals surface area contributed by atoms with Crippen LogP contribution in [0.15, 0.2) is 54.6 Å². The van der Waals surface area contributed by atoms with Crippen molar-refractivity contribution in [1.82, 2.24) is 20.0 Å². The molecule has 0 aliphatic carbocycles. The maximum atomic E-state index is 13.1. The lowest BCUT2D eigenvalue weighted by molar-refractivity contribution is -0.384. The molecule has 1 aliphatic heterocycles. The van der Waals surface area contributed by atoms with E-state index in [2.05, 4.69) is 15.3 Å². The number of rotatable bonds is 8. The number of nitrogens with one attached hydrogen (secondary N) is 1. The smallest absolute Gasteiger partial charge is 0.271 e. The number of nitrogens with zero attached hydrogens (tertiary/aromatic N) is 4. The molecule has 172 valence electrons. The number of nitro groups is 1. The lowest BCUT2D eigenvalue weighted by atomic mass is 10.1. The van der Waals surface area contributed by atoms with Crippen LogP contribution in [0, 0.1) is 10.1 Å². The first-order chi connectivity index (χ1) is 16.0. The summed E-state index contributed by atoms with van der Waals surface area (Å²) in [5, 5.41) is 18.8. The highest BCUT2D eigenvalue weighted by molar-refractivity contribution is 5.94. The normalized spacial score (nSPS) is 14.1. The summed E-state index contributed by atoms with van der Waals surface area (Å²) < 4.78 is 12.0.